The quantitative estimate of drug-likeness (QED) is 0.513. The second-order valence-electron chi connectivity index (χ2n) is 2.14. The number of halogens is 10. The topological polar surface area (TPSA) is 0 Å². The van der Waals surface area contributed by atoms with Gasteiger partial charge in [0.05, 0.1) is 0 Å². The van der Waals surface area contributed by atoms with Crippen molar-refractivity contribution in [3.8, 4) is 0 Å². The van der Waals surface area contributed by atoms with Crippen LogP contribution >= 0.6 is 0 Å². The van der Waals surface area contributed by atoms with E-state index in [0.717, 1.165) is 0 Å². The maximum atomic E-state index is 11.6. The molecule has 0 atom stereocenters. The maximum absolute atomic E-state index is 11.6. The Morgan fingerprint density at radius 1 is 0.375 bits per heavy atom. The van der Waals surface area contributed by atoms with Crippen LogP contribution in [-0.4, -0.2) is 127 Å². The molecule has 0 saturated carbocycles. The normalized spacial score (nSPS) is 13.9. The SMILES string of the molecule is FC(F)(F)C(F)(F)C(F)(F)C(F)(F)F.[KH].[KH]. The number of hydrogen-bond acceptors (Lipinski definition) is 0. The van der Waals surface area contributed by atoms with Crippen LogP contribution in [0.1, 0.15) is 0 Å². The minimum atomic E-state index is -7.14. The van der Waals surface area contributed by atoms with Gasteiger partial charge in [-0.05, 0) is 0 Å². The predicted octanol–water partition coefficient (Wildman–Crippen LogP) is 2.08. The van der Waals surface area contributed by atoms with E-state index < -0.39 is 24.2 Å². The minimum absolute atomic E-state index is 0. The van der Waals surface area contributed by atoms with Crippen molar-refractivity contribution in [2.24, 2.45) is 0 Å². The Balaban J connectivity index is -0.000000845. The van der Waals surface area contributed by atoms with Crippen LogP contribution in [0.25, 0.3) is 0 Å². The Labute approximate surface area is 167 Å². The van der Waals surface area contributed by atoms with E-state index >= 15 is 0 Å². The molecule has 12 heteroatoms. The molecule has 0 fully saturated rings. The van der Waals surface area contributed by atoms with Crippen LogP contribution in [0.4, 0.5) is 43.9 Å². The molecule has 0 aliphatic rings. The second kappa shape index (κ2) is 6.84. The Morgan fingerprint density at radius 3 is 0.562 bits per heavy atom. The second-order valence-corrected chi connectivity index (χ2v) is 2.14. The van der Waals surface area contributed by atoms with Crippen LogP contribution in [0.15, 0.2) is 0 Å². The fourth-order valence-corrected chi connectivity index (χ4v) is 0.356. The summed E-state index contributed by atoms with van der Waals surface area (Å²) in [6, 6.07) is 0. The molecule has 0 heterocycles. The van der Waals surface area contributed by atoms with Gasteiger partial charge in [0, 0.05) is 0 Å². The molecule has 0 nitrogen and oxygen atoms in total. The third-order valence-corrected chi connectivity index (χ3v) is 1.11. The Kier molecular flexibility index (Phi) is 10.1. The van der Waals surface area contributed by atoms with Crippen molar-refractivity contribution in [1.29, 1.82) is 0 Å². The van der Waals surface area contributed by atoms with Crippen molar-refractivity contribution in [2.75, 3.05) is 0 Å². The van der Waals surface area contributed by atoms with E-state index in [1.165, 1.54) is 0 Å². The molecule has 0 aromatic heterocycles. The summed E-state index contributed by atoms with van der Waals surface area (Å²) in [6.45, 7) is 0. The molecule has 90 valence electrons. The van der Waals surface area contributed by atoms with Crippen LogP contribution in [0.5, 0.6) is 0 Å². The predicted molar refractivity (Wildman–Crippen MR) is 36.3 cm³/mol. The van der Waals surface area contributed by atoms with Gasteiger partial charge in [0.1, 0.15) is 0 Å². The molecule has 0 aromatic rings. The standard InChI is InChI=1S/C4F10.2K.2H/c5-1(6,3(9,10)11)2(7,8)4(12,13)14;;;;. The van der Waals surface area contributed by atoms with Crippen molar-refractivity contribution >= 4 is 103 Å². The first-order chi connectivity index (χ1) is 5.75. The number of alkyl halides is 10. The first-order valence-electron chi connectivity index (χ1n) is 2.64. The van der Waals surface area contributed by atoms with Gasteiger partial charge in [0.25, 0.3) is 0 Å². The van der Waals surface area contributed by atoms with Crippen LogP contribution in [0.3, 0.4) is 0 Å². The molecule has 0 rings (SSSR count). The van der Waals surface area contributed by atoms with Gasteiger partial charge in [-0.3, -0.25) is 0 Å². The van der Waals surface area contributed by atoms with Crippen LogP contribution in [-0.2, 0) is 0 Å². The van der Waals surface area contributed by atoms with Gasteiger partial charge in [-0.1, -0.05) is 0 Å². The van der Waals surface area contributed by atoms with E-state index in [-0.39, 0.29) is 103 Å². The van der Waals surface area contributed by atoms with Gasteiger partial charge < -0.3 is 0 Å². The molecule has 0 aromatic carbocycles. The summed E-state index contributed by atoms with van der Waals surface area (Å²) < 4.78 is 113. The van der Waals surface area contributed by atoms with Gasteiger partial charge in [0.15, 0.2) is 0 Å². The van der Waals surface area contributed by atoms with Gasteiger partial charge >= 0.3 is 127 Å². The first kappa shape index (κ1) is 23.6. The molecule has 0 amide bonds. The van der Waals surface area contributed by atoms with E-state index in [0.29, 0.717) is 0 Å². The molecule has 16 heavy (non-hydrogen) atoms. The van der Waals surface area contributed by atoms with Crippen molar-refractivity contribution in [2.45, 2.75) is 24.2 Å². The van der Waals surface area contributed by atoms with Crippen molar-refractivity contribution in [1.82, 2.24) is 0 Å². The monoisotopic (exact) mass is 318 g/mol. The first-order valence-corrected chi connectivity index (χ1v) is 2.64. The van der Waals surface area contributed by atoms with Crippen molar-refractivity contribution in [3.63, 3.8) is 0 Å². The van der Waals surface area contributed by atoms with Gasteiger partial charge in [-0.15, -0.1) is 0 Å². The van der Waals surface area contributed by atoms with E-state index in [4.69, 9.17) is 0 Å². The molecule has 0 spiro atoms. The van der Waals surface area contributed by atoms with E-state index in [1.54, 1.807) is 0 Å². The summed E-state index contributed by atoms with van der Waals surface area (Å²) in [5.74, 6) is -14.3. The Hall–Kier alpha value is 2.57. The third kappa shape index (κ3) is 4.60. The van der Waals surface area contributed by atoms with Crippen molar-refractivity contribution < 1.29 is 43.9 Å². The summed E-state index contributed by atoms with van der Waals surface area (Å²) in [6.07, 6.45) is -13.9. The van der Waals surface area contributed by atoms with Gasteiger partial charge in [-0.2, -0.15) is 43.9 Å². The number of hydrogen-bond donors (Lipinski definition) is 0. The molecule has 0 radical (unpaired) electrons. The molecule has 0 aliphatic heterocycles. The van der Waals surface area contributed by atoms with Crippen LogP contribution in [0.2, 0.25) is 0 Å². The molecular weight excluding hydrogens is 316 g/mol. The zero-order chi connectivity index (χ0) is 12.0. The van der Waals surface area contributed by atoms with E-state index in [1.807, 2.05) is 0 Å². The van der Waals surface area contributed by atoms with Gasteiger partial charge in [0.2, 0.25) is 0 Å². The summed E-state index contributed by atoms with van der Waals surface area (Å²) in [5.41, 5.74) is 0. The Bertz CT molecular complexity index is 190. The van der Waals surface area contributed by atoms with Crippen LogP contribution < -0.4 is 0 Å². The molecule has 0 N–H and O–H groups in total. The Morgan fingerprint density at radius 2 is 0.500 bits per heavy atom. The van der Waals surface area contributed by atoms with E-state index in [2.05, 4.69) is 0 Å². The van der Waals surface area contributed by atoms with Crippen molar-refractivity contribution in [3.05, 3.63) is 0 Å². The number of rotatable bonds is 1. The fraction of sp³-hybridized carbons (Fsp3) is 1.00. The molecule has 0 aliphatic carbocycles. The molecule has 0 bridgehead atoms. The summed E-state index contributed by atoms with van der Waals surface area (Å²) in [5, 5.41) is 0. The average Bonchev–Trinajstić information content (AvgIpc) is 1.81. The van der Waals surface area contributed by atoms with Gasteiger partial charge in [-0.25, -0.2) is 0 Å². The third-order valence-electron chi connectivity index (χ3n) is 1.11. The summed E-state index contributed by atoms with van der Waals surface area (Å²) in [4.78, 5) is 0. The summed E-state index contributed by atoms with van der Waals surface area (Å²) in [7, 11) is 0. The summed E-state index contributed by atoms with van der Waals surface area (Å²) >= 11 is 0. The fourth-order valence-electron chi connectivity index (χ4n) is 0.356. The van der Waals surface area contributed by atoms with E-state index in [9.17, 15) is 43.9 Å². The average molecular weight is 318 g/mol. The van der Waals surface area contributed by atoms with Crippen LogP contribution in [0, 0.1) is 0 Å². The molecular formula is C4H2F10K2. The zero-order valence-corrected chi connectivity index (χ0v) is 5.78. The molecule has 0 unspecified atom stereocenters. The zero-order valence-electron chi connectivity index (χ0n) is 5.78. The molecule has 0 saturated heterocycles.